The van der Waals surface area contributed by atoms with Crippen LogP contribution in [0.2, 0.25) is 5.02 Å². The van der Waals surface area contributed by atoms with E-state index in [-0.39, 0.29) is 17.5 Å². The summed E-state index contributed by atoms with van der Waals surface area (Å²) in [6.07, 6.45) is -0.851. The molecule has 0 radical (unpaired) electrons. The lowest BCUT2D eigenvalue weighted by atomic mass is 10.1. The quantitative estimate of drug-likeness (QED) is 0.612. The van der Waals surface area contributed by atoms with Gasteiger partial charge in [0, 0.05) is 11.3 Å². The first kappa shape index (κ1) is 18.7. The van der Waals surface area contributed by atoms with Crippen molar-refractivity contribution in [1.29, 1.82) is 5.26 Å². The second-order valence-corrected chi connectivity index (χ2v) is 6.45. The molecule has 3 aromatic rings. The van der Waals surface area contributed by atoms with Crippen LogP contribution in [0.5, 0.6) is 5.75 Å². The van der Waals surface area contributed by atoms with Crippen LogP contribution < -0.4 is 5.32 Å². The minimum atomic E-state index is -0.851. The average molecular weight is 385 g/mol. The van der Waals surface area contributed by atoms with E-state index in [0.29, 0.717) is 27.4 Å². The van der Waals surface area contributed by atoms with Crippen molar-refractivity contribution in [1.82, 2.24) is 10.2 Å². The monoisotopic (exact) mass is 384 g/mol. The predicted molar refractivity (Wildman–Crippen MR) is 100 cm³/mol. The predicted octanol–water partition coefficient (Wildman–Crippen LogP) is 3.81. The summed E-state index contributed by atoms with van der Waals surface area (Å²) in [6.45, 7) is 3.37. The molecule has 2 aromatic carbocycles. The number of phenols is 1. The zero-order chi connectivity index (χ0) is 19.6. The van der Waals surface area contributed by atoms with Crippen LogP contribution in [0.15, 0.2) is 40.8 Å². The lowest BCUT2D eigenvalue weighted by Crippen LogP contribution is -2.23. The van der Waals surface area contributed by atoms with E-state index in [9.17, 15) is 10.2 Å². The Kier molecular flexibility index (Phi) is 5.31. The van der Waals surface area contributed by atoms with Gasteiger partial charge in [0.05, 0.1) is 16.7 Å². The van der Waals surface area contributed by atoms with Crippen molar-refractivity contribution in [3.63, 3.8) is 0 Å². The summed E-state index contributed by atoms with van der Waals surface area (Å²) < 4.78 is 5.69. The summed E-state index contributed by atoms with van der Waals surface area (Å²) in [5.74, 6) is 0.492. The van der Waals surface area contributed by atoms with E-state index in [0.717, 1.165) is 0 Å². The number of nitriles is 1. The topological polar surface area (TPSA) is 115 Å². The summed E-state index contributed by atoms with van der Waals surface area (Å²) in [7, 11) is 0. The molecule has 3 rings (SSSR count). The second-order valence-electron chi connectivity index (χ2n) is 6.07. The number of aromatic nitrogens is 2. The van der Waals surface area contributed by atoms with Gasteiger partial charge in [0.1, 0.15) is 17.9 Å². The van der Waals surface area contributed by atoms with Crippen LogP contribution in [0.3, 0.4) is 0 Å². The Balaban J connectivity index is 1.92. The van der Waals surface area contributed by atoms with Gasteiger partial charge in [0.15, 0.2) is 0 Å². The van der Waals surface area contributed by atoms with Gasteiger partial charge in [-0.1, -0.05) is 17.7 Å². The molecule has 0 saturated heterocycles. The molecule has 0 aliphatic rings. The first-order valence-electron chi connectivity index (χ1n) is 8.17. The van der Waals surface area contributed by atoms with Crippen molar-refractivity contribution in [3.8, 4) is 23.3 Å². The molecule has 2 atom stereocenters. The van der Waals surface area contributed by atoms with Crippen LogP contribution in [-0.4, -0.2) is 26.5 Å². The largest absolute Gasteiger partial charge is 0.508 e. The number of halogens is 1. The zero-order valence-corrected chi connectivity index (χ0v) is 15.4. The molecule has 0 aliphatic carbocycles. The van der Waals surface area contributed by atoms with E-state index in [4.69, 9.17) is 21.3 Å². The van der Waals surface area contributed by atoms with Crippen LogP contribution >= 0.6 is 11.6 Å². The Bertz CT molecular complexity index is 1010. The number of benzene rings is 2. The van der Waals surface area contributed by atoms with Gasteiger partial charge >= 0.3 is 0 Å². The second kappa shape index (κ2) is 7.66. The van der Waals surface area contributed by atoms with Gasteiger partial charge in [-0.25, -0.2) is 0 Å². The number of nitrogens with zero attached hydrogens (tertiary/aromatic N) is 3. The Morgan fingerprint density at radius 3 is 2.70 bits per heavy atom. The molecular formula is C19H17ClN4O3. The summed E-state index contributed by atoms with van der Waals surface area (Å²) in [5, 5.41) is 40.4. The Hall–Kier alpha value is -3.08. The van der Waals surface area contributed by atoms with Crippen LogP contribution in [0.1, 0.15) is 30.0 Å². The fourth-order valence-corrected chi connectivity index (χ4v) is 2.81. The maximum Gasteiger partial charge on any atom is 0.247 e. The highest BCUT2D eigenvalue weighted by Gasteiger charge is 2.25. The smallest absolute Gasteiger partial charge is 0.247 e. The first-order chi connectivity index (χ1) is 12.9. The number of aliphatic hydroxyl groups is 1. The van der Waals surface area contributed by atoms with Gasteiger partial charge in [-0.3, -0.25) is 0 Å². The zero-order valence-electron chi connectivity index (χ0n) is 14.6. The van der Waals surface area contributed by atoms with Crippen LogP contribution in [-0.2, 0) is 0 Å². The molecule has 8 heteroatoms. The van der Waals surface area contributed by atoms with Crippen LogP contribution in [0.4, 0.5) is 5.69 Å². The molecule has 3 N–H and O–H groups in total. The fourth-order valence-electron chi connectivity index (χ4n) is 2.60. The van der Waals surface area contributed by atoms with E-state index < -0.39 is 12.1 Å². The van der Waals surface area contributed by atoms with Crippen molar-refractivity contribution >= 4 is 17.3 Å². The van der Waals surface area contributed by atoms with Gasteiger partial charge in [-0.15, -0.1) is 10.2 Å². The van der Waals surface area contributed by atoms with Gasteiger partial charge in [-0.05, 0) is 49.7 Å². The minimum Gasteiger partial charge on any atom is -0.508 e. The molecule has 0 bridgehead atoms. The van der Waals surface area contributed by atoms with Crippen molar-refractivity contribution in [3.05, 3.63) is 58.4 Å². The molecule has 0 spiro atoms. The number of hydrogen-bond donors (Lipinski definition) is 3. The summed E-state index contributed by atoms with van der Waals surface area (Å²) >= 11 is 6.21. The standard InChI is InChI=1S/C19H17ClN4O3/c1-10-15(7-6-13(9-21)16(10)20)22-17(11(2)25)19-24-23-18(27-19)12-4-3-5-14(26)8-12/h3-8,11,17,22,25-26H,1-2H3/t11-,17-/m1/s1. The molecule has 7 nitrogen and oxygen atoms in total. The van der Waals surface area contributed by atoms with E-state index in [1.54, 1.807) is 44.2 Å². The number of nitrogens with one attached hydrogen (secondary N) is 1. The molecule has 0 fully saturated rings. The normalized spacial score (nSPS) is 13.0. The van der Waals surface area contributed by atoms with Crippen molar-refractivity contribution in [2.75, 3.05) is 5.32 Å². The van der Waals surface area contributed by atoms with Crippen molar-refractivity contribution in [2.45, 2.75) is 26.0 Å². The van der Waals surface area contributed by atoms with Crippen molar-refractivity contribution in [2.24, 2.45) is 0 Å². The number of aromatic hydroxyl groups is 1. The molecule has 0 aliphatic heterocycles. The SMILES string of the molecule is Cc1c(N[C@@H](c2nnc(-c3cccc(O)c3)o2)[C@@H](C)O)ccc(C#N)c1Cl. The van der Waals surface area contributed by atoms with Crippen molar-refractivity contribution < 1.29 is 14.6 Å². The number of phenolic OH excluding ortho intramolecular Hbond substituents is 1. The Morgan fingerprint density at radius 1 is 1.26 bits per heavy atom. The van der Waals surface area contributed by atoms with Gasteiger partial charge in [-0.2, -0.15) is 5.26 Å². The molecule has 0 amide bonds. The highest BCUT2D eigenvalue weighted by molar-refractivity contribution is 6.32. The first-order valence-corrected chi connectivity index (χ1v) is 8.55. The van der Waals surface area contributed by atoms with Gasteiger partial charge in [0.25, 0.3) is 0 Å². The average Bonchev–Trinajstić information content (AvgIpc) is 3.12. The minimum absolute atomic E-state index is 0.0836. The third-order valence-corrected chi connectivity index (χ3v) is 4.59. The molecule has 1 aromatic heterocycles. The third-order valence-electron chi connectivity index (χ3n) is 4.10. The van der Waals surface area contributed by atoms with Gasteiger partial charge < -0.3 is 19.9 Å². The lowest BCUT2D eigenvalue weighted by molar-refractivity contribution is 0.159. The number of rotatable bonds is 5. The van der Waals surface area contributed by atoms with E-state index >= 15 is 0 Å². The Labute approximate surface area is 160 Å². The molecular weight excluding hydrogens is 368 g/mol. The summed E-state index contributed by atoms with van der Waals surface area (Å²) in [5.41, 5.74) is 2.25. The van der Waals surface area contributed by atoms with E-state index in [1.165, 1.54) is 6.07 Å². The highest BCUT2D eigenvalue weighted by atomic mass is 35.5. The maximum absolute atomic E-state index is 10.2. The van der Waals surface area contributed by atoms with E-state index in [2.05, 4.69) is 15.5 Å². The third kappa shape index (κ3) is 3.87. The summed E-state index contributed by atoms with van der Waals surface area (Å²) in [6, 6.07) is 11.1. The number of anilines is 1. The molecule has 0 saturated carbocycles. The van der Waals surface area contributed by atoms with Gasteiger partial charge in [0.2, 0.25) is 11.8 Å². The maximum atomic E-state index is 10.2. The highest BCUT2D eigenvalue weighted by Crippen LogP contribution is 2.31. The molecule has 0 unspecified atom stereocenters. The molecule has 1 heterocycles. The number of aliphatic hydroxyl groups excluding tert-OH is 1. The molecule has 27 heavy (non-hydrogen) atoms. The lowest BCUT2D eigenvalue weighted by Gasteiger charge is -2.21. The fraction of sp³-hybridized carbons (Fsp3) is 0.211. The Morgan fingerprint density at radius 2 is 2.04 bits per heavy atom. The van der Waals surface area contributed by atoms with Crippen LogP contribution in [0, 0.1) is 18.3 Å². The van der Waals surface area contributed by atoms with E-state index in [1.807, 2.05) is 6.07 Å². The molecule has 138 valence electrons. The van der Waals surface area contributed by atoms with Crippen LogP contribution in [0.25, 0.3) is 11.5 Å². The summed E-state index contributed by atoms with van der Waals surface area (Å²) in [4.78, 5) is 0. The number of hydrogen-bond acceptors (Lipinski definition) is 7.